The van der Waals surface area contributed by atoms with Gasteiger partial charge >= 0.3 is 0 Å². The normalized spacial score (nSPS) is 28.5. The highest BCUT2D eigenvalue weighted by Gasteiger charge is 2.35. The van der Waals surface area contributed by atoms with Crippen LogP contribution in [-0.2, 0) is 4.74 Å². The number of Topliss-reactive ketones (excluding diaryl/α,β-unsaturated/α-hetero) is 1. The molecule has 4 rings (SSSR count). The van der Waals surface area contributed by atoms with Crippen LogP contribution in [0, 0.1) is 5.92 Å². The number of piperidine rings is 1. The van der Waals surface area contributed by atoms with Crippen LogP contribution in [0.1, 0.15) is 23.2 Å². The average Bonchev–Trinajstić information content (AvgIpc) is 2.53. The summed E-state index contributed by atoms with van der Waals surface area (Å²) in [4.78, 5) is 17.1. The van der Waals surface area contributed by atoms with E-state index in [4.69, 9.17) is 4.74 Å². The van der Waals surface area contributed by atoms with Crippen LogP contribution in [0.25, 0.3) is 10.9 Å². The van der Waals surface area contributed by atoms with Crippen LogP contribution in [-0.4, -0.2) is 36.1 Å². The van der Waals surface area contributed by atoms with Gasteiger partial charge in [0, 0.05) is 35.1 Å². The Balaban J connectivity index is 1.60. The standard InChI is InChI=1S/C17H18N2O2/c20-17(13-7-14-9-21-10-15(8-13)19-14)12-3-4-16-11(6-12)2-1-5-18-16/h1-6,13-15,19H,7-10H2. The van der Waals surface area contributed by atoms with Gasteiger partial charge < -0.3 is 10.1 Å². The number of morpholine rings is 1. The summed E-state index contributed by atoms with van der Waals surface area (Å²) in [7, 11) is 0. The topological polar surface area (TPSA) is 51.2 Å². The molecule has 4 heteroatoms. The second-order valence-electron chi connectivity index (χ2n) is 6.04. The van der Waals surface area contributed by atoms with Crippen LogP contribution in [0.5, 0.6) is 0 Å². The third-order valence-corrected chi connectivity index (χ3v) is 4.51. The van der Waals surface area contributed by atoms with Gasteiger partial charge in [-0.3, -0.25) is 9.78 Å². The van der Waals surface area contributed by atoms with E-state index in [-0.39, 0.29) is 11.7 Å². The fraction of sp³-hybridized carbons (Fsp3) is 0.412. The highest BCUT2D eigenvalue weighted by atomic mass is 16.5. The van der Waals surface area contributed by atoms with Crippen molar-refractivity contribution in [1.29, 1.82) is 0 Å². The molecule has 0 saturated carbocycles. The fourth-order valence-electron chi connectivity index (χ4n) is 3.52. The van der Waals surface area contributed by atoms with Crippen LogP contribution in [0.4, 0.5) is 0 Å². The molecule has 1 aromatic carbocycles. The number of carbonyl (C=O) groups excluding carboxylic acids is 1. The Kier molecular flexibility index (Phi) is 3.20. The number of rotatable bonds is 2. The predicted octanol–water partition coefficient (Wildman–Crippen LogP) is 2.18. The molecular weight excluding hydrogens is 264 g/mol. The van der Waals surface area contributed by atoms with Crippen LogP contribution in [0.2, 0.25) is 0 Å². The minimum Gasteiger partial charge on any atom is -0.378 e. The average molecular weight is 282 g/mol. The molecule has 1 N–H and O–H groups in total. The number of hydrogen-bond acceptors (Lipinski definition) is 4. The third-order valence-electron chi connectivity index (χ3n) is 4.51. The van der Waals surface area contributed by atoms with Gasteiger partial charge in [-0.15, -0.1) is 0 Å². The molecule has 2 unspecified atom stereocenters. The molecule has 2 fully saturated rings. The first kappa shape index (κ1) is 12.9. The molecule has 1 aromatic heterocycles. The Bertz CT molecular complexity index is 673. The number of nitrogens with one attached hydrogen (secondary N) is 1. The van der Waals surface area contributed by atoms with Gasteiger partial charge in [-0.25, -0.2) is 0 Å². The zero-order valence-corrected chi connectivity index (χ0v) is 11.8. The second kappa shape index (κ2) is 5.20. The molecular formula is C17H18N2O2. The molecule has 2 aliphatic heterocycles. The summed E-state index contributed by atoms with van der Waals surface area (Å²) in [5, 5.41) is 4.56. The van der Waals surface area contributed by atoms with Crippen LogP contribution in [0.15, 0.2) is 36.5 Å². The quantitative estimate of drug-likeness (QED) is 0.858. The first-order valence-corrected chi connectivity index (χ1v) is 7.52. The smallest absolute Gasteiger partial charge is 0.166 e. The number of ketones is 1. The minimum atomic E-state index is 0.110. The Morgan fingerprint density at radius 1 is 1.19 bits per heavy atom. The minimum absolute atomic E-state index is 0.110. The number of nitrogens with zero attached hydrogens (tertiary/aromatic N) is 1. The molecule has 0 radical (unpaired) electrons. The molecule has 2 aliphatic rings. The van der Waals surface area contributed by atoms with Gasteiger partial charge in [-0.05, 0) is 37.1 Å². The number of carbonyl (C=O) groups is 1. The lowest BCUT2D eigenvalue weighted by Gasteiger charge is -2.39. The van der Waals surface area contributed by atoms with Gasteiger partial charge in [-0.1, -0.05) is 6.07 Å². The fourth-order valence-corrected chi connectivity index (χ4v) is 3.52. The van der Waals surface area contributed by atoms with E-state index in [1.54, 1.807) is 6.20 Å². The van der Waals surface area contributed by atoms with Crippen molar-refractivity contribution in [3.8, 4) is 0 Å². The third kappa shape index (κ3) is 2.45. The maximum Gasteiger partial charge on any atom is 0.166 e. The molecule has 2 saturated heterocycles. The molecule has 2 atom stereocenters. The van der Waals surface area contributed by atoms with Crippen LogP contribution >= 0.6 is 0 Å². The van der Waals surface area contributed by atoms with E-state index < -0.39 is 0 Å². The van der Waals surface area contributed by atoms with Gasteiger partial charge in [0.1, 0.15) is 0 Å². The summed E-state index contributed by atoms with van der Waals surface area (Å²) in [6.45, 7) is 1.45. The van der Waals surface area contributed by atoms with Gasteiger partial charge in [0.05, 0.1) is 18.7 Å². The zero-order valence-electron chi connectivity index (χ0n) is 11.8. The van der Waals surface area contributed by atoms with Crippen molar-refractivity contribution in [3.63, 3.8) is 0 Å². The van der Waals surface area contributed by atoms with Gasteiger partial charge in [0.25, 0.3) is 0 Å². The van der Waals surface area contributed by atoms with Gasteiger partial charge in [0.2, 0.25) is 0 Å². The van der Waals surface area contributed by atoms with Crippen molar-refractivity contribution >= 4 is 16.7 Å². The zero-order chi connectivity index (χ0) is 14.2. The molecule has 4 nitrogen and oxygen atoms in total. The molecule has 0 amide bonds. The van der Waals surface area contributed by atoms with Crippen molar-refractivity contribution in [2.24, 2.45) is 5.92 Å². The Morgan fingerprint density at radius 3 is 2.81 bits per heavy atom. The largest absolute Gasteiger partial charge is 0.378 e. The monoisotopic (exact) mass is 282 g/mol. The van der Waals surface area contributed by atoms with Crippen molar-refractivity contribution in [2.75, 3.05) is 13.2 Å². The Labute approximate surface area is 123 Å². The number of ether oxygens (including phenoxy) is 1. The van der Waals surface area contributed by atoms with Crippen molar-refractivity contribution < 1.29 is 9.53 Å². The predicted molar refractivity (Wildman–Crippen MR) is 80.3 cm³/mol. The summed E-state index contributed by atoms with van der Waals surface area (Å²) < 4.78 is 5.55. The number of hydrogen-bond donors (Lipinski definition) is 1. The maximum atomic E-state index is 12.8. The van der Waals surface area contributed by atoms with Crippen LogP contribution < -0.4 is 5.32 Å². The number of benzene rings is 1. The lowest BCUT2D eigenvalue weighted by atomic mass is 9.82. The summed E-state index contributed by atoms with van der Waals surface area (Å²) in [6, 6.07) is 10.4. The highest BCUT2D eigenvalue weighted by molar-refractivity contribution is 6.00. The summed E-state index contributed by atoms with van der Waals surface area (Å²) in [5.41, 5.74) is 1.74. The number of pyridine rings is 1. The van der Waals surface area contributed by atoms with E-state index in [1.807, 2.05) is 30.3 Å². The SMILES string of the molecule is O=C(c1ccc2ncccc2c1)C1CC2COCC(C1)N2. The van der Waals surface area contributed by atoms with E-state index in [0.717, 1.165) is 42.5 Å². The van der Waals surface area contributed by atoms with Gasteiger partial charge in [-0.2, -0.15) is 0 Å². The molecule has 0 aliphatic carbocycles. The van der Waals surface area contributed by atoms with Crippen molar-refractivity contribution in [3.05, 3.63) is 42.1 Å². The summed E-state index contributed by atoms with van der Waals surface area (Å²) >= 11 is 0. The van der Waals surface area contributed by atoms with Crippen LogP contribution in [0.3, 0.4) is 0 Å². The van der Waals surface area contributed by atoms with Gasteiger partial charge in [0.15, 0.2) is 5.78 Å². The van der Waals surface area contributed by atoms with Crippen molar-refractivity contribution in [2.45, 2.75) is 24.9 Å². The van der Waals surface area contributed by atoms with E-state index in [0.29, 0.717) is 12.1 Å². The number of aromatic nitrogens is 1. The second-order valence-corrected chi connectivity index (χ2v) is 6.04. The summed E-state index contributed by atoms with van der Waals surface area (Å²) in [5.74, 6) is 0.374. The first-order valence-electron chi connectivity index (χ1n) is 7.52. The highest BCUT2D eigenvalue weighted by Crippen LogP contribution is 2.28. The maximum absolute atomic E-state index is 12.8. The molecule has 0 spiro atoms. The van der Waals surface area contributed by atoms with Crippen molar-refractivity contribution in [1.82, 2.24) is 10.3 Å². The Hall–Kier alpha value is -1.78. The summed E-state index contributed by atoms with van der Waals surface area (Å²) in [6.07, 6.45) is 3.53. The molecule has 108 valence electrons. The molecule has 2 aromatic rings. The lowest BCUT2D eigenvalue weighted by Crippen LogP contribution is -2.55. The first-order chi connectivity index (χ1) is 10.3. The van der Waals surface area contributed by atoms with E-state index >= 15 is 0 Å². The van der Waals surface area contributed by atoms with E-state index in [2.05, 4.69) is 10.3 Å². The molecule has 3 heterocycles. The number of fused-ring (bicyclic) bond motifs is 3. The molecule has 21 heavy (non-hydrogen) atoms. The van der Waals surface area contributed by atoms with E-state index in [9.17, 15) is 4.79 Å². The lowest BCUT2D eigenvalue weighted by molar-refractivity contribution is 0.00953. The molecule has 2 bridgehead atoms. The van der Waals surface area contributed by atoms with E-state index in [1.165, 1.54) is 0 Å². The Morgan fingerprint density at radius 2 is 2.00 bits per heavy atom.